The number of carbonyl (C=O) groups excluding carboxylic acids is 2. The molecule has 5 nitrogen and oxygen atoms in total. The molecule has 0 unspecified atom stereocenters. The maximum absolute atomic E-state index is 13.1. The summed E-state index contributed by atoms with van der Waals surface area (Å²) >= 11 is 0. The lowest BCUT2D eigenvalue weighted by Crippen LogP contribution is -2.33. The summed E-state index contributed by atoms with van der Waals surface area (Å²) < 4.78 is 5.51. The Morgan fingerprint density at radius 2 is 1.71 bits per heavy atom. The molecule has 5 heteroatoms. The fraction of sp³-hybridized carbons (Fsp3) is 0.385. The molecule has 3 rings (SSSR count). The second-order valence-corrected chi connectivity index (χ2v) is 8.05. The van der Waals surface area contributed by atoms with Crippen molar-refractivity contribution in [3.05, 3.63) is 65.2 Å². The first-order valence-corrected chi connectivity index (χ1v) is 10.9. The van der Waals surface area contributed by atoms with Crippen LogP contribution in [0, 0.1) is 17.8 Å². The highest BCUT2D eigenvalue weighted by molar-refractivity contribution is 5.96. The number of rotatable bonds is 9. The van der Waals surface area contributed by atoms with Gasteiger partial charge in [-0.25, -0.2) is 0 Å². The first-order chi connectivity index (χ1) is 15.0. The fourth-order valence-electron chi connectivity index (χ4n) is 3.34. The van der Waals surface area contributed by atoms with Crippen molar-refractivity contribution in [1.82, 2.24) is 5.32 Å². The van der Waals surface area contributed by atoms with E-state index in [0.29, 0.717) is 32.2 Å². The largest absolute Gasteiger partial charge is 0.380 e. The van der Waals surface area contributed by atoms with Crippen LogP contribution in [-0.2, 0) is 20.9 Å². The number of nitrogens with zero attached hydrogens (tertiary/aromatic N) is 1. The Morgan fingerprint density at radius 1 is 1.00 bits per heavy atom. The second-order valence-electron chi connectivity index (χ2n) is 8.05. The lowest BCUT2D eigenvalue weighted by Gasteiger charge is -2.26. The Hall–Kier alpha value is -3.10. The zero-order valence-corrected chi connectivity index (χ0v) is 18.3. The van der Waals surface area contributed by atoms with Crippen molar-refractivity contribution < 1.29 is 14.3 Å². The van der Waals surface area contributed by atoms with Gasteiger partial charge in [0.25, 0.3) is 0 Å². The Kier molecular flexibility index (Phi) is 8.26. The smallest absolute Gasteiger partial charge is 0.227 e. The molecule has 1 aliphatic rings. The maximum atomic E-state index is 13.1. The van der Waals surface area contributed by atoms with Crippen LogP contribution in [0.15, 0.2) is 48.5 Å². The van der Waals surface area contributed by atoms with E-state index in [1.54, 1.807) is 4.90 Å². The molecule has 0 radical (unpaired) electrons. The summed E-state index contributed by atoms with van der Waals surface area (Å²) in [6, 6.07) is 15.5. The lowest BCUT2D eigenvalue weighted by molar-refractivity contribution is -0.125. The van der Waals surface area contributed by atoms with Crippen LogP contribution in [0.3, 0.4) is 0 Å². The van der Waals surface area contributed by atoms with E-state index < -0.39 is 0 Å². The van der Waals surface area contributed by atoms with E-state index in [1.807, 2.05) is 48.5 Å². The van der Waals surface area contributed by atoms with Gasteiger partial charge in [-0.3, -0.25) is 9.59 Å². The minimum atomic E-state index is -0.138. The third-order valence-electron chi connectivity index (χ3n) is 5.15. The quantitative estimate of drug-likeness (QED) is 0.496. The molecule has 0 aliphatic carbocycles. The Bertz CT molecular complexity index is 972. The molecule has 0 atom stereocenters. The number of nitrogens with one attached hydrogen (secondary N) is 1. The monoisotopic (exact) mass is 418 g/mol. The third-order valence-corrected chi connectivity index (χ3v) is 5.15. The molecular weight excluding hydrogens is 388 g/mol. The average Bonchev–Trinajstić information content (AvgIpc) is 2.76. The number of anilines is 1. The van der Waals surface area contributed by atoms with Crippen LogP contribution in [0.25, 0.3) is 0 Å². The van der Waals surface area contributed by atoms with Crippen LogP contribution in [0.5, 0.6) is 0 Å². The molecule has 1 N–H and O–H groups in total. The molecule has 1 heterocycles. The molecule has 0 saturated carbocycles. The molecule has 0 fully saturated rings. The van der Waals surface area contributed by atoms with Gasteiger partial charge >= 0.3 is 0 Å². The van der Waals surface area contributed by atoms with Gasteiger partial charge in [0.2, 0.25) is 11.8 Å². The van der Waals surface area contributed by atoms with Crippen molar-refractivity contribution in [1.29, 1.82) is 0 Å². The molecule has 31 heavy (non-hydrogen) atoms. The molecule has 0 spiro atoms. The van der Waals surface area contributed by atoms with E-state index in [4.69, 9.17) is 4.74 Å². The summed E-state index contributed by atoms with van der Waals surface area (Å²) in [6.07, 6.45) is 1.30. The Morgan fingerprint density at radius 3 is 2.52 bits per heavy atom. The molecule has 0 bridgehead atoms. The molecule has 162 valence electrons. The van der Waals surface area contributed by atoms with Crippen molar-refractivity contribution in [3.8, 4) is 11.8 Å². The molecule has 0 saturated heterocycles. The third kappa shape index (κ3) is 6.70. The SMILES string of the molecule is CC(C)CCOCCNC(=O)CCC(=O)N1Cc2ccccc2C#Cc2ccccc21. The minimum absolute atomic E-state index is 0.0886. The van der Waals surface area contributed by atoms with Crippen LogP contribution in [-0.4, -0.2) is 31.6 Å². The molecule has 2 amide bonds. The zero-order valence-electron chi connectivity index (χ0n) is 18.3. The number of hydrogen-bond acceptors (Lipinski definition) is 3. The fourth-order valence-corrected chi connectivity index (χ4v) is 3.34. The predicted octanol–water partition coefficient (Wildman–Crippen LogP) is 3.89. The van der Waals surface area contributed by atoms with E-state index in [1.165, 1.54) is 0 Å². The highest BCUT2D eigenvalue weighted by Crippen LogP contribution is 2.26. The van der Waals surface area contributed by atoms with Crippen LogP contribution >= 0.6 is 0 Å². The number of para-hydroxylation sites is 1. The average molecular weight is 419 g/mol. The number of hydrogen-bond donors (Lipinski definition) is 1. The number of benzene rings is 2. The maximum Gasteiger partial charge on any atom is 0.227 e. The Labute approximate surface area is 184 Å². The van der Waals surface area contributed by atoms with E-state index in [2.05, 4.69) is 31.0 Å². The van der Waals surface area contributed by atoms with Gasteiger partial charge in [-0.15, -0.1) is 0 Å². The second kappa shape index (κ2) is 11.3. The summed E-state index contributed by atoms with van der Waals surface area (Å²) in [5.74, 6) is 6.77. The molecule has 2 aromatic carbocycles. The summed E-state index contributed by atoms with van der Waals surface area (Å²) in [5, 5.41) is 2.83. The van der Waals surface area contributed by atoms with Gasteiger partial charge in [0, 0.05) is 37.1 Å². The number of amides is 2. The summed E-state index contributed by atoms with van der Waals surface area (Å²) in [7, 11) is 0. The van der Waals surface area contributed by atoms with Gasteiger partial charge in [0.15, 0.2) is 0 Å². The summed E-state index contributed by atoms with van der Waals surface area (Å²) in [5.41, 5.74) is 3.52. The Balaban J connectivity index is 1.57. The van der Waals surface area contributed by atoms with Crippen LogP contribution in [0.4, 0.5) is 5.69 Å². The normalized spacial score (nSPS) is 12.2. The van der Waals surface area contributed by atoms with Crippen LogP contribution in [0.1, 0.15) is 49.8 Å². The summed E-state index contributed by atoms with van der Waals surface area (Å²) in [6.45, 7) is 6.38. The molecule has 0 aromatic heterocycles. The van der Waals surface area contributed by atoms with Gasteiger partial charge in [0.1, 0.15) is 0 Å². The predicted molar refractivity (Wildman–Crippen MR) is 123 cm³/mol. The minimum Gasteiger partial charge on any atom is -0.380 e. The zero-order chi connectivity index (χ0) is 22.1. The lowest BCUT2D eigenvalue weighted by atomic mass is 10.0. The van der Waals surface area contributed by atoms with Crippen molar-refractivity contribution in [2.75, 3.05) is 24.7 Å². The number of fused-ring (bicyclic) bond motifs is 2. The number of carbonyl (C=O) groups is 2. The van der Waals surface area contributed by atoms with Gasteiger partial charge in [-0.05, 0) is 36.1 Å². The van der Waals surface area contributed by atoms with E-state index >= 15 is 0 Å². The van der Waals surface area contributed by atoms with Crippen LogP contribution < -0.4 is 10.2 Å². The molecule has 1 aliphatic heterocycles. The van der Waals surface area contributed by atoms with E-state index in [-0.39, 0.29) is 24.7 Å². The first-order valence-electron chi connectivity index (χ1n) is 10.9. The van der Waals surface area contributed by atoms with Gasteiger partial charge in [0.05, 0.1) is 18.8 Å². The van der Waals surface area contributed by atoms with Crippen molar-refractivity contribution in [2.24, 2.45) is 5.92 Å². The highest BCUT2D eigenvalue weighted by atomic mass is 16.5. The van der Waals surface area contributed by atoms with E-state index in [0.717, 1.165) is 28.8 Å². The summed E-state index contributed by atoms with van der Waals surface area (Å²) in [4.78, 5) is 27.0. The van der Waals surface area contributed by atoms with Crippen molar-refractivity contribution in [3.63, 3.8) is 0 Å². The van der Waals surface area contributed by atoms with Gasteiger partial charge in [-0.2, -0.15) is 0 Å². The highest BCUT2D eigenvalue weighted by Gasteiger charge is 2.21. The van der Waals surface area contributed by atoms with Crippen LogP contribution in [0.2, 0.25) is 0 Å². The topological polar surface area (TPSA) is 58.6 Å². The van der Waals surface area contributed by atoms with Gasteiger partial charge < -0.3 is 15.0 Å². The van der Waals surface area contributed by atoms with E-state index in [9.17, 15) is 9.59 Å². The van der Waals surface area contributed by atoms with Crippen molar-refractivity contribution >= 4 is 17.5 Å². The molecule has 2 aromatic rings. The number of ether oxygens (including phenoxy) is 1. The standard InChI is InChI=1S/C26H30N2O3/c1-20(2)15-17-31-18-16-27-25(29)13-14-26(30)28-19-23-9-4-3-7-21(23)11-12-22-8-5-6-10-24(22)28/h3-10,20H,13-19H2,1-2H3,(H,27,29). The van der Waals surface area contributed by atoms with Gasteiger partial charge in [-0.1, -0.05) is 56.0 Å². The first kappa shape index (κ1) is 22.6. The van der Waals surface area contributed by atoms with Crippen molar-refractivity contribution in [2.45, 2.75) is 39.7 Å². The molecular formula is C26H30N2O3.